The second-order valence-corrected chi connectivity index (χ2v) is 4.50. The number of carbonyl (C=O) groups excluding carboxylic acids is 1. The largest absolute Gasteiger partial charge is 0.358 e. The zero-order chi connectivity index (χ0) is 13.3. The number of rotatable bonds is 2. The van der Waals surface area contributed by atoms with Crippen molar-refractivity contribution in [1.82, 2.24) is 14.8 Å². The summed E-state index contributed by atoms with van der Waals surface area (Å²) in [6.45, 7) is 4.01. The van der Waals surface area contributed by atoms with Crippen LogP contribution in [0.2, 0.25) is 0 Å². The second kappa shape index (κ2) is 6.03. The number of piperazine rings is 1. The van der Waals surface area contributed by atoms with Crippen molar-refractivity contribution >= 4 is 24.1 Å². The molecule has 0 saturated carbocycles. The van der Waals surface area contributed by atoms with Crippen molar-refractivity contribution in [1.29, 1.82) is 0 Å². The first-order chi connectivity index (χ1) is 8.50. The average molecular weight is 289 g/mol. The summed E-state index contributed by atoms with van der Waals surface area (Å²) in [5, 5.41) is 14.0. The molecule has 1 fully saturated rings. The summed E-state index contributed by atoms with van der Waals surface area (Å²) in [5.74, 6) is -0.222. The Kier molecular flexibility index (Phi) is 4.90. The molecular formula is C11H17ClN4O3. The van der Waals surface area contributed by atoms with Gasteiger partial charge in [0.1, 0.15) is 0 Å². The van der Waals surface area contributed by atoms with Crippen LogP contribution in [-0.2, 0) is 7.05 Å². The van der Waals surface area contributed by atoms with Gasteiger partial charge in [-0.15, -0.1) is 12.4 Å². The first-order valence-electron chi connectivity index (χ1n) is 5.83. The Morgan fingerprint density at radius 1 is 1.53 bits per heavy atom. The number of aromatic nitrogens is 1. The molecule has 0 bridgehead atoms. The summed E-state index contributed by atoms with van der Waals surface area (Å²) < 4.78 is 1.33. The van der Waals surface area contributed by atoms with Crippen molar-refractivity contribution in [3.05, 3.63) is 27.9 Å². The maximum absolute atomic E-state index is 12.3. The van der Waals surface area contributed by atoms with Crippen LogP contribution in [0.4, 0.5) is 5.82 Å². The van der Waals surface area contributed by atoms with E-state index < -0.39 is 4.92 Å². The van der Waals surface area contributed by atoms with Crippen LogP contribution < -0.4 is 5.32 Å². The maximum atomic E-state index is 12.3. The number of hydrogen-bond donors (Lipinski definition) is 1. The Morgan fingerprint density at radius 2 is 2.21 bits per heavy atom. The van der Waals surface area contributed by atoms with E-state index in [-0.39, 0.29) is 30.2 Å². The summed E-state index contributed by atoms with van der Waals surface area (Å²) in [5.41, 5.74) is 0.357. The smallest absolute Gasteiger partial charge is 0.323 e. The number of hydrogen-bond acceptors (Lipinski definition) is 4. The number of nitro groups is 1. The molecule has 19 heavy (non-hydrogen) atoms. The maximum Gasteiger partial charge on any atom is 0.323 e. The monoisotopic (exact) mass is 288 g/mol. The lowest BCUT2D eigenvalue weighted by atomic mass is 10.2. The van der Waals surface area contributed by atoms with Crippen molar-refractivity contribution in [2.45, 2.75) is 13.0 Å². The van der Waals surface area contributed by atoms with E-state index in [0.717, 1.165) is 6.54 Å². The summed E-state index contributed by atoms with van der Waals surface area (Å²) >= 11 is 0. The molecule has 1 aliphatic rings. The number of carbonyl (C=O) groups is 1. The molecule has 1 atom stereocenters. The van der Waals surface area contributed by atoms with Crippen LogP contribution in [0, 0.1) is 10.1 Å². The number of nitrogens with zero attached hydrogens (tertiary/aromatic N) is 3. The topological polar surface area (TPSA) is 80.4 Å². The fourth-order valence-corrected chi connectivity index (χ4v) is 2.18. The van der Waals surface area contributed by atoms with Gasteiger partial charge in [-0.1, -0.05) is 0 Å². The van der Waals surface area contributed by atoms with Crippen LogP contribution in [0.5, 0.6) is 0 Å². The molecule has 1 N–H and O–H groups in total. The molecule has 1 aliphatic heterocycles. The molecule has 7 nitrogen and oxygen atoms in total. The third-order valence-corrected chi connectivity index (χ3v) is 3.16. The van der Waals surface area contributed by atoms with E-state index in [4.69, 9.17) is 0 Å². The second-order valence-electron chi connectivity index (χ2n) is 4.50. The van der Waals surface area contributed by atoms with E-state index in [1.165, 1.54) is 23.7 Å². The van der Waals surface area contributed by atoms with Gasteiger partial charge in [-0.25, -0.2) is 4.57 Å². The van der Waals surface area contributed by atoms with Gasteiger partial charge in [0, 0.05) is 31.7 Å². The van der Waals surface area contributed by atoms with Crippen LogP contribution >= 0.6 is 12.4 Å². The highest BCUT2D eigenvalue weighted by Gasteiger charge is 2.27. The molecule has 1 aromatic rings. The van der Waals surface area contributed by atoms with Gasteiger partial charge in [0.25, 0.3) is 5.91 Å². The van der Waals surface area contributed by atoms with E-state index >= 15 is 0 Å². The van der Waals surface area contributed by atoms with Crippen LogP contribution in [0.1, 0.15) is 17.4 Å². The molecule has 0 unspecified atom stereocenters. The van der Waals surface area contributed by atoms with Crippen LogP contribution in [0.25, 0.3) is 0 Å². The first kappa shape index (κ1) is 15.5. The van der Waals surface area contributed by atoms with E-state index in [2.05, 4.69) is 5.32 Å². The average Bonchev–Trinajstić information content (AvgIpc) is 2.70. The Bertz CT molecular complexity index is 488. The Labute approximate surface area is 117 Å². The molecule has 1 aromatic heterocycles. The minimum absolute atomic E-state index is 0. The van der Waals surface area contributed by atoms with Gasteiger partial charge in [-0.05, 0) is 17.9 Å². The minimum atomic E-state index is -0.489. The summed E-state index contributed by atoms with van der Waals surface area (Å²) in [6, 6.07) is 3.12. The fourth-order valence-electron chi connectivity index (χ4n) is 2.18. The van der Waals surface area contributed by atoms with E-state index in [1.807, 2.05) is 6.92 Å². The highest BCUT2D eigenvalue weighted by molar-refractivity contribution is 5.93. The standard InChI is InChI=1S/C11H16N4O3.ClH/c1-8-7-14(6-5-12-8)11(16)9-3-4-10(13(9)2)15(17)18;/h3-4,8,12H,5-7H2,1-2H3;1H/t8-;/m0./s1. The summed E-state index contributed by atoms with van der Waals surface area (Å²) in [4.78, 5) is 24.2. The van der Waals surface area contributed by atoms with Crippen LogP contribution in [0.15, 0.2) is 12.1 Å². The van der Waals surface area contributed by atoms with Gasteiger partial charge in [0.15, 0.2) is 5.69 Å². The lowest BCUT2D eigenvalue weighted by molar-refractivity contribution is -0.391. The van der Waals surface area contributed by atoms with Gasteiger partial charge in [-0.3, -0.25) is 4.79 Å². The Hall–Kier alpha value is -1.60. The molecule has 106 valence electrons. The molecule has 8 heteroatoms. The third kappa shape index (κ3) is 3.05. The van der Waals surface area contributed by atoms with Crippen molar-refractivity contribution in [3.63, 3.8) is 0 Å². The zero-order valence-corrected chi connectivity index (χ0v) is 11.6. The lowest BCUT2D eigenvalue weighted by Gasteiger charge is -2.31. The lowest BCUT2D eigenvalue weighted by Crippen LogP contribution is -2.51. The van der Waals surface area contributed by atoms with E-state index in [0.29, 0.717) is 18.8 Å². The predicted molar refractivity (Wildman–Crippen MR) is 72.7 cm³/mol. The van der Waals surface area contributed by atoms with Crippen molar-refractivity contribution in [3.8, 4) is 0 Å². The fraction of sp³-hybridized carbons (Fsp3) is 0.545. The highest BCUT2D eigenvalue weighted by atomic mass is 35.5. The minimum Gasteiger partial charge on any atom is -0.358 e. The molecule has 2 heterocycles. The van der Waals surface area contributed by atoms with Gasteiger partial charge in [-0.2, -0.15) is 0 Å². The van der Waals surface area contributed by atoms with Gasteiger partial charge in [0.05, 0.1) is 7.05 Å². The molecular weight excluding hydrogens is 272 g/mol. The molecule has 2 rings (SSSR count). The summed E-state index contributed by atoms with van der Waals surface area (Å²) in [7, 11) is 1.54. The normalized spacial score (nSPS) is 18.8. The SMILES string of the molecule is C[C@H]1CN(C(=O)c2ccc([N+](=O)[O-])n2C)CCN1.Cl. The molecule has 1 saturated heterocycles. The Morgan fingerprint density at radius 3 is 2.74 bits per heavy atom. The zero-order valence-electron chi connectivity index (χ0n) is 10.8. The Balaban J connectivity index is 0.00000180. The molecule has 0 radical (unpaired) electrons. The van der Waals surface area contributed by atoms with Crippen molar-refractivity contribution < 1.29 is 9.72 Å². The number of amides is 1. The van der Waals surface area contributed by atoms with Crippen molar-refractivity contribution in [2.24, 2.45) is 7.05 Å². The van der Waals surface area contributed by atoms with Gasteiger partial charge >= 0.3 is 5.82 Å². The first-order valence-corrected chi connectivity index (χ1v) is 5.83. The molecule has 1 amide bonds. The van der Waals surface area contributed by atoms with Gasteiger partial charge < -0.3 is 20.3 Å². The van der Waals surface area contributed by atoms with Crippen LogP contribution in [0.3, 0.4) is 0 Å². The highest BCUT2D eigenvalue weighted by Crippen LogP contribution is 2.17. The van der Waals surface area contributed by atoms with Gasteiger partial charge in [0.2, 0.25) is 0 Å². The predicted octanol–water partition coefficient (Wildman–Crippen LogP) is 0.789. The molecule has 0 aliphatic carbocycles. The number of halogens is 1. The summed E-state index contributed by atoms with van der Waals surface area (Å²) in [6.07, 6.45) is 0. The third-order valence-electron chi connectivity index (χ3n) is 3.16. The van der Waals surface area contributed by atoms with Crippen LogP contribution in [-0.4, -0.2) is 46.0 Å². The molecule has 0 spiro atoms. The van der Waals surface area contributed by atoms with E-state index in [9.17, 15) is 14.9 Å². The van der Waals surface area contributed by atoms with E-state index in [1.54, 1.807) is 4.90 Å². The quantitative estimate of drug-likeness (QED) is 0.644. The molecule has 0 aromatic carbocycles. The van der Waals surface area contributed by atoms with Crippen molar-refractivity contribution in [2.75, 3.05) is 19.6 Å². The number of nitrogens with one attached hydrogen (secondary N) is 1.